The first-order valence-corrected chi connectivity index (χ1v) is 6.95. The summed E-state index contributed by atoms with van der Waals surface area (Å²) in [6.45, 7) is 2.27. The molecule has 0 bridgehead atoms. The molecule has 0 fully saturated rings. The van der Waals surface area contributed by atoms with Crippen molar-refractivity contribution in [2.45, 2.75) is 19.8 Å². The summed E-state index contributed by atoms with van der Waals surface area (Å²) >= 11 is 1.18. The summed E-state index contributed by atoms with van der Waals surface area (Å²) in [5.41, 5.74) is 1.48. The van der Waals surface area contributed by atoms with Crippen molar-refractivity contribution in [3.8, 4) is 0 Å². The average molecular weight is 277 g/mol. The molecule has 1 heterocycles. The highest BCUT2D eigenvalue weighted by Crippen LogP contribution is 2.11. The second-order valence-corrected chi connectivity index (χ2v) is 5.09. The fourth-order valence-corrected chi connectivity index (χ4v) is 2.68. The van der Waals surface area contributed by atoms with E-state index < -0.39 is 0 Å². The molecule has 0 saturated heterocycles. The van der Waals surface area contributed by atoms with E-state index >= 15 is 0 Å². The number of H-pyrrole nitrogens is 1. The van der Waals surface area contributed by atoms with Crippen LogP contribution in [0.3, 0.4) is 0 Å². The lowest BCUT2D eigenvalue weighted by Gasteiger charge is -2.04. The van der Waals surface area contributed by atoms with Gasteiger partial charge in [0.2, 0.25) is 0 Å². The molecule has 0 spiro atoms. The van der Waals surface area contributed by atoms with Gasteiger partial charge in [0.25, 0.3) is 0 Å². The summed E-state index contributed by atoms with van der Waals surface area (Å²) in [6.07, 6.45) is 1.35. The molecular weight excluding hydrogens is 262 g/mol. The van der Waals surface area contributed by atoms with E-state index in [2.05, 4.69) is 4.98 Å². The standard InChI is InChI=1S/C14H15NO3S/c1-2-11-12(19-14(17)15-11)8-9-18-13(16)10-6-4-3-5-7-10/h3-7H,2,8-9H2,1H3,(H,15,17). The lowest BCUT2D eigenvalue weighted by molar-refractivity contribution is 0.0510. The van der Waals surface area contributed by atoms with Crippen LogP contribution in [-0.2, 0) is 17.6 Å². The minimum absolute atomic E-state index is 0.0544. The number of aromatic amines is 1. The van der Waals surface area contributed by atoms with Crippen LogP contribution in [0.5, 0.6) is 0 Å². The van der Waals surface area contributed by atoms with Crippen molar-refractivity contribution in [3.63, 3.8) is 0 Å². The lowest BCUT2D eigenvalue weighted by atomic mass is 10.2. The third kappa shape index (κ3) is 3.54. The van der Waals surface area contributed by atoms with Gasteiger partial charge >= 0.3 is 10.8 Å². The maximum atomic E-state index is 11.7. The molecule has 2 aromatic rings. The van der Waals surface area contributed by atoms with E-state index in [0.717, 1.165) is 17.0 Å². The van der Waals surface area contributed by atoms with Gasteiger partial charge in [0.05, 0.1) is 12.2 Å². The van der Waals surface area contributed by atoms with E-state index in [0.29, 0.717) is 12.0 Å². The molecule has 19 heavy (non-hydrogen) atoms. The maximum absolute atomic E-state index is 11.7. The van der Waals surface area contributed by atoms with Gasteiger partial charge in [-0.05, 0) is 18.6 Å². The molecule has 2 rings (SSSR count). The van der Waals surface area contributed by atoms with Gasteiger partial charge in [-0.1, -0.05) is 36.5 Å². The van der Waals surface area contributed by atoms with E-state index in [-0.39, 0.29) is 17.4 Å². The molecule has 5 heteroatoms. The number of aryl methyl sites for hydroxylation is 1. The number of carbonyl (C=O) groups excluding carboxylic acids is 1. The molecule has 0 amide bonds. The predicted molar refractivity (Wildman–Crippen MR) is 74.7 cm³/mol. The van der Waals surface area contributed by atoms with Crippen molar-refractivity contribution in [3.05, 3.63) is 56.1 Å². The molecule has 0 aliphatic rings. The summed E-state index contributed by atoms with van der Waals surface area (Å²) in [7, 11) is 0. The molecule has 1 aromatic carbocycles. The molecule has 1 aromatic heterocycles. The van der Waals surface area contributed by atoms with E-state index in [1.165, 1.54) is 11.3 Å². The molecule has 0 aliphatic carbocycles. The van der Waals surface area contributed by atoms with Crippen LogP contribution in [0.25, 0.3) is 0 Å². The Morgan fingerprint density at radius 1 is 1.32 bits per heavy atom. The van der Waals surface area contributed by atoms with Crippen LogP contribution >= 0.6 is 11.3 Å². The SMILES string of the molecule is CCc1[nH]c(=O)sc1CCOC(=O)c1ccccc1. The normalized spacial score (nSPS) is 10.4. The zero-order valence-corrected chi connectivity index (χ0v) is 11.5. The Balaban J connectivity index is 1.90. The second-order valence-electron chi connectivity index (χ2n) is 4.02. The predicted octanol–water partition coefficient (Wildman–Crippen LogP) is 2.40. The van der Waals surface area contributed by atoms with Gasteiger partial charge in [-0.2, -0.15) is 0 Å². The summed E-state index contributed by atoms with van der Waals surface area (Å²) in [5.74, 6) is -0.332. The van der Waals surface area contributed by atoms with E-state index in [1.54, 1.807) is 24.3 Å². The average Bonchev–Trinajstić information content (AvgIpc) is 2.80. The van der Waals surface area contributed by atoms with E-state index in [4.69, 9.17) is 4.74 Å². The highest BCUT2D eigenvalue weighted by molar-refractivity contribution is 7.09. The highest BCUT2D eigenvalue weighted by Gasteiger charge is 2.09. The first-order chi connectivity index (χ1) is 9.20. The van der Waals surface area contributed by atoms with Gasteiger partial charge in [0.1, 0.15) is 0 Å². The number of benzene rings is 1. The van der Waals surface area contributed by atoms with Crippen molar-refractivity contribution >= 4 is 17.3 Å². The zero-order chi connectivity index (χ0) is 13.7. The second kappa shape index (κ2) is 6.33. The Kier molecular flexibility index (Phi) is 4.52. The first kappa shape index (κ1) is 13.5. The number of nitrogens with one attached hydrogen (secondary N) is 1. The largest absolute Gasteiger partial charge is 0.462 e. The Hall–Kier alpha value is -1.88. The number of esters is 1. The lowest BCUT2D eigenvalue weighted by Crippen LogP contribution is -2.08. The van der Waals surface area contributed by atoms with Gasteiger partial charge in [-0.25, -0.2) is 4.79 Å². The number of aromatic nitrogens is 1. The quantitative estimate of drug-likeness (QED) is 0.854. The molecule has 4 nitrogen and oxygen atoms in total. The molecule has 0 aliphatic heterocycles. The number of hydrogen-bond donors (Lipinski definition) is 1. The number of carbonyl (C=O) groups is 1. The third-order valence-corrected chi connectivity index (χ3v) is 3.72. The minimum atomic E-state index is -0.332. The molecular formula is C14H15NO3S. The summed E-state index contributed by atoms with van der Waals surface area (Å²) < 4.78 is 5.19. The van der Waals surface area contributed by atoms with Crippen LogP contribution in [-0.4, -0.2) is 17.6 Å². The van der Waals surface area contributed by atoms with Gasteiger partial charge in [-0.3, -0.25) is 4.79 Å². The Morgan fingerprint density at radius 2 is 2.05 bits per heavy atom. The van der Waals surface area contributed by atoms with Gasteiger partial charge in [0.15, 0.2) is 0 Å². The Labute approximate surface area is 115 Å². The molecule has 0 atom stereocenters. The summed E-state index contributed by atoms with van der Waals surface area (Å²) in [5, 5.41) is 0. The van der Waals surface area contributed by atoms with Crippen LogP contribution in [0.1, 0.15) is 27.9 Å². The van der Waals surface area contributed by atoms with Crippen molar-refractivity contribution in [2.24, 2.45) is 0 Å². The topological polar surface area (TPSA) is 59.2 Å². The number of hydrogen-bond acceptors (Lipinski definition) is 4. The molecule has 0 unspecified atom stereocenters. The summed E-state index contributed by atoms with van der Waals surface area (Å²) in [6, 6.07) is 8.87. The fourth-order valence-electron chi connectivity index (χ4n) is 1.77. The number of thiazole rings is 1. The van der Waals surface area contributed by atoms with Crippen molar-refractivity contribution in [2.75, 3.05) is 6.61 Å². The van der Waals surface area contributed by atoms with E-state index in [1.807, 2.05) is 13.0 Å². The first-order valence-electron chi connectivity index (χ1n) is 6.13. The Bertz CT molecular complexity index is 601. The van der Waals surface area contributed by atoms with Gasteiger partial charge < -0.3 is 9.72 Å². The third-order valence-electron chi connectivity index (χ3n) is 2.73. The number of rotatable bonds is 5. The van der Waals surface area contributed by atoms with Crippen LogP contribution in [0.4, 0.5) is 0 Å². The van der Waals surface area contributed by atoms with Crippen molar-refractivity contribution in [1.29, 1.82) is 0 Å². The van der Waals surface area contributed by atoms with Crippen LogP contribution < -0.4 is 4.87 Å². The molecule has 1 N–H and O–H groups in total. The van der Waals surface area contributed by atoms with Crippen LogP contribution in [0.2, 0.25) is 0 Å². The molecule has 0 saturated carbocycles. The minimum Gasteiger partial charge on any atom is -0.462 e. The molecule has 0 radical (unpaired) electrons. The number of ether oxygens (including phenoxy) is 1. The monoisotopic (exact) mass is 277 g/mol. The van der Waals surface area contributed by atoms with Crippen molar-refractivity contribution in [1.82, 2.24) is 4.98 Å². The van der Waals surface area contributed by atoms with Crippen LogP contribution in [0, 0.1) is 0 Å². The van der Waals surface area contributed by atoms with Crippen molar-refractivity contribution < 1.29 is 9.53 Å². The fraction of sp³-hybridized carbons (Fsp3) is 0.286. The van der Waals surface area contributed by atoms with E-state index in [9.17, 15) is 9.59 Å². The maximum Gasteiger partial charge on any atom is 0.338 e. The van der Waals surface area contributed by atoms with Gasteiger partial charge in [-0.15, -0.1) is 0 Å². The van der Waals surface area contributed by atoms with Crippen LogP contribution in [0.15, 0.2) is 35.1 Å². The summed E-state index contributed by atoms with van der Waals surface area (Å²) in [4.78, 5) is 26.6. The van der Waals surface area contributed by atoms with Gasteiger partial charge in [0, 0.05) is 17.0 Å². The smallest absolute Gasteiger partial charge is 0.338 e. The zero-order valence-electron chi connectivity index (χ0n) is 10.6. The molecule has 100 valence electrons. The highest BCUT2D eigenvalue weighted by atomic mass is 32.1. The Morgan fingerprint density at radius 3 is 2.74 bits per heavy atom.